The van der Waals surface area contributed by atoms with E-state index in [1.807, 2.05) is 0 Å². The van der Waals surface area contributed by atoms with Crippen LogP contribution >= 0.6 is 0 Å². The van der Waals surface area contributed by atoms with Crippen molar-refractivity contribution < 1.29 is 0 Å². The summed E-state index contributed by atoms with van der Waals surface area (Å²) in [5, 5.41) is 9.12. The van der Waals surface area contributed by atoms with Crippen LogP contribution in [-0.4, -0.2) is 13.6 Å². The summed E-state index contributed by atoms with van der Waals surface area (Å²) in [6.45, 7) is 5.33. The van der Waals surface area contributed by atoms with Gasteiger partial charge < -0.3 is 4.90 Å². The summed E-state index contributed by atoms with van der Waals surface area (Å²) in [4.78, 5) is 2.20. The molecule has 1 unspecified atom stereocenters. The van der Waals surface area contributed by atoms with Gasteiger partial charge in [-0.1, -0.05) is 26.0 Å². The Balaban J connectivity index is 2.03. The Bertz CT molecular complexity index is 437. The molecule has 1 aliphatic rings. The first-order valence-corrected chi connectivity index (χ1v) is 6.82. The minimum Gasteiger partial charge on any atom is -0.373 e. The van der Waals surface area contributed by atoms with Crippen molar-refractivity contribution in [2.45, 2.75) is 39.0 Å². The first kappa shape index (κ1) is 13.0. The molecule has 0 aromatic heterocycles. The summed E-state index contributed by atoms with van der Waals surface area (Å²) in [6.07, 6.45) is 3.28. The molecule has 0 N–H and O–H groups in total. The van der Waals surface area contributed by atoms with Gasteiger partial charge in [0.05, 0.1) is 11.5 Å². The first-order chi connectivity index (χ1) is 8.60. The highest BCUT2D eigenvalue weighted by Crippen LogP contribution is 2.45. The third-order valence-electron chi connectivity index (χ3n) is 4.15. The van der Waals surface area contributed by atoms with Gasteiger partial charge in [-0.05, 0) is 42.9 Å². The standard InChI is InChI=1S/C16H22N2/c1-4-13(2)14-5-7-15(8-6-14)18(3)12-16(11-17)9-10-16/h5-8,13H,4,9-10,12H2,1-3H3. The molecule has 0 aliphatic heterocycles. The predicted octanol–water partition coefficient (Wildman–Crippen LogP) is 3.94. The molecule has 1 fully saturated rings. The lowest BCUT2D eigenvalue weighted by atomic mass is 9.98. The van der Waals surface area contributed by atoms with Gasteiger partial charge >= 0.3 is 0 Å². The first-order valence-electron chi connectivity index (χ1n) is 6.82. The molecule has 2 heteroatoms. The van der Waals surface area contributed by atoms with Crippen molar-refractivity contribution in [1.82, 2.24) is 0 Å². The van der Waals surface area contributed by atoms with Crippen LogP contribution < -0.4 is 4.90 Å². The molecule has 0 bridgehead atoms. The lowest BCUT2D eigenvalue weighted by molar-refractivity contribution is 0.653. The summed E-state index contributed by atoms with van der Waals surface area (Å²) in [7, 11) is 2.08. The zero-order valence-corrected chi connectivity index (χ0v) is 11.6. The molecule has 18 heavy (non-hydrogen) atoms. The monoisotopic (exact) mass is 242 g/mol. The highest BCUT2D eigenvalue weighted by Gasteiger charge is 2.44. The predicted molar refractivity (Wildman–Crippen MR) is 75.7 cm³/mol. The molecule has 1 atom stereocenters. The second kappa shape index (κ2) is 5.02. The number of benzene rings is 1. The minimum absolute atomic E-state index is 0.0653. The summed E-state index contributed by atoms with van der Waals surface area (Å²) in [5.41, 5.74) is 2.55. The molecule has 1 aromatic rings. The largest absolute Gasteiger partial charge is 0.373 e. The van der Waals surface area contributed by atoms with Gasteiger partial charge in [0.15, 0.2) is 0 Å². The molecule has 2 nitrogen and oxygen atoms in total. The van der Waals surface area contributed by atoms with Crippen LogP contribution in [0.1, 0.15) is 44.6 Å². The highest BCUT2D eigenvalue weighted by atomic mass is 15.1. The molecule has 0 spiro atoms. The van der Waals surface area contributed by atoms with Crippen LogP contribution in [0.25, 0.3) is 0 Å². The number of hydrogen-bond acceptors (Lipinski definition) is 2. The average Bonchev–Trinajstić information content (AvgIpc) is 3.18. The molecular formula is C16H22N2. The fourth-order valence-electron chi connectivity index (χ4n) is 2.29. The van der Waals surface area contributed by atoms with Crippen molar-refractivity contribution >= 4 is 5.69 Å². The van der Waals surface area contributed by atoms with E-state index in [4.69, 9.17) is 5.26 Å². The Morgan fingerprint density at radius 3 is 2.39 bits per heavy atom. The van der Waals surface area contributed by atoms with Gasteiger partial charge in [-0.3, -0.25) is 0 Å². The van der Waals surface area contributed by atoms with Gasteiger partial charge in [0, 0.05) is 19.3 Å². The van der Waals surface area contributed by atoms with Crippen molar-refractivity contribution in [1.29, 1.82) is 5.26 Å². The summed E-state index contributed by atoms with van der Waals surface area (Å²) in [6, 6.07) is 11.2. The van der Waals surface area contributed by atoms with E-state index in [1.54, 1.807) is 0 Å². The highest BCUT2D eigenvalue weighted by molar-refractivity contribution is 5.48. The van der Waals surface area contributed by atoms with Crippen molar-refractivity contribution in [3.63, 3.8) is 0 Å². The lowest BCUT2D eigenvalue weighted by Gasteiger charge is -2.22. The van der Waals surface area contributed by atoms with Crippen molar-refractivity contribution in [3.05, 3.63) is 29.8 Å². The molecular weight excluding hydrogens is 220 g/mol. The van der Waals surface area contributed by atoms with Crippen LogP contribution in [0.5, 0.6) is 0 Å². The Hall–Kier alpha value is -1.49. The van der Waals surface area contributed by atoms with Crippen molar-refractivity contribution in [2.75, 3.05) is 18.5 Å². The van der Waals surface area contributed by atoms with Crippen LogP contribution in [0.3, 0.4) is 0 Å². The van der Waals surface area contributed by atoms with Gasteiger partial charge in [-0.2, -0.15) is 5.26 Å². The van der Waals surface area contributed by atoms with Crippen LogP contribution in [0.2, 0.25) is 0 Å². The summed E-state index contributed by atoms with van der Waals surface area (Å²) < 4.78 is 0. The second-order valence-corrected chi connectivity index (χ2v) is 5.65. The van der Waals surface area contributed by atoms with E-state index < -0.39 is 0 Å². The Morgan fingerprint density at radius 2 is 1.94 bits per heavy atom. The number of hydrogen-bond donors (Lipinski definition) is 0. The van der Waals surface area contributed by atoms with Crippen LogP contribution in [0, 0.1) is 16.7 Å². The van der Waals surface area contributed by atoms with Gasteiger partial charge in [-0.15, -0.1) is 0 Å². The third kappa shape index (κ3) is 2.67. The van der Waals surface area contributed by atoms with Crippen molar-refractivity contribution in [2.24, 2.45) is 5.41 Å². The third-order valence-corrected chi connectivity index (χ3v) is 4.15. The SMILES string of the molecule is CCC(C)c1ccc(N(C)CC2(C#N)CC2)cc1. The average molecular weight is 242 g/mol. The topological polar surface area (TPSA) is 27.0 Å². The zero-order valence-electron chi connectivity index (χ0n) is 11.6. The van der Waals surface area contributed by atoms with E-state index in [0.29, 0.717) is 5.92 Å². The number of nitriles is 1. The van der Waals surface area contributed by atoms with Crippen LogP contribution in [0.15, 0.2) is 24.3 Å². The smallest absolute Gasteiger partial charge is 0.0749 e. The van der Waals surface area contributed by atoms with E-state index in [-0.39, 0.29) is 5.41 Å². The number of nitrogens with zero attached hydrogens (tertiary/aromatic N) is 2. The molecule has 1 saturated carbocycles. The Morgan fingerprint density at radius 1 is 1.33 bits per heavy atom. The number of anilines is 1. The molecule has 2 rings (SSSR count). The Kier molecular flexibility index (Phi) is 3.61. The minimum atomic E-state index is -0.0653. The fraction of sp³-hybridized carbons (Fsp3) is 0.562. The van der Waals surface area contributed by atoms with Gasteiger partial charge in [0.1, 0.15) is 0 Å². The van der Waals surface area contributed by atoms with E-state index >= 15 is 0 Å². The molecule has 96 valence electrons. The maximum Gasteiger partial charge on any atom is 0.0749 e. The molecule has 0 saturated heterocycles. The molecule has 0 amide bonds. The van der Waals surface area contributed by atoms with Gasteiger partial charge in [-0.25, -0.2) is 0 Å². The van der Waals surface area contributed by atoms with E-state index in [1.165, 1.54) is 17.7 Å². The molecule has 1 aromatic carbocycles. The maximum atomic E-state index is 9.12. The van der Waals surface area contributed by atoms with Gasteiger partial charge in [0.25, 0.3) is 0 Å². The van der Waals surface area contributed by atoms with Gasteiger partial charge in [0.2, 0.25) is 0 Å². The quantitative estimate of drug-likeness (QED) is 0.782. The lowest BCUT2D eigenvalue weighted by Crippen LogP contribution is -2.25. The maximum absolute atomic E-state index is 9.12. The summed E-state index contributed by atoms with van der Waals surface area (Å²) in [5.74, 6) is 0.623. The van der Waals surface area contributed by atoms with E-state index in [0.717, 1.165) is 19.4 Å². The second-order valence-electron chi connectivity index (χ2n) is 5.65. The Labute approximate surface area is 110 Å². The molecule has 1 aliphatic carbocycles. The zero-order chi connectivity index (χ0) is 13.2. The van der Waals surface area contributed by atoms with Crippen LogP contribution in [0.4, 0.5) is 5.69 Å². The van der Waals surface area contributed by atoms with E-state index in [2.05, 4.69) is 56.1 Å². The van der Waals surface area contributed by atoms with E-state index in [9.17, 15) is 0 Å². The summed E-state index contributed by atoms with van der Waals surface area (Å²) >= 11 is 0. The number of rotatable bonds is 5. The fourth-order valence-corrected chi connectivity index (χ4v) is 2.29. The molecule has 0 radical (unpaired) electrons. The van der Waals surface area contributed by atoms with Crippen molar-refractivity contribution in [3.8, 4) is 6.07 Å². The van der Waals surface area contributed by atoms with Crippen LogP contribution in [-0.2, 0) is 0 Å². The normalized spacial score (nSPS) is 17.9. The molecule has 0 heterocycles.